The summed E-state index contributed by atoms with van der Waals surface area (Å²) in [6.07, 6.45) is 2.97. The molecule has 0 fully saturated rings. The van der Waals surface area contributed by atoms with Crippen LogP contribution in [-0.2, 0) is 9.59 Å². The molecule has 2 N–H and O–H groups in total. The van der Waals surface area contributed by atoms with Crippen LogP contribution in [0.25, 0.3) is 6.08 Å². The molecule has 2 amide bonds. The Morgan fingerprint density at radius 3 is 2.70 bits per heavy atom. The second kappa shape index (κ2) is 10.3. The molecule has 140 valence electrons. The van der Waals surface area contributed by atoms with Gasteiger partial charge in [0.25, 0.3) is 5.91 Å². The third-order valence-electron chi connectivity index (χ3n) is 3.57. The number of benzene rings is 2. The molecule has 0 saturated carbocycles. The number of hydrogen-bond donors (Lipinski definition) is 2. The average Bonchev–Trinajstić information content (AvgIpc) is 2.69. The summed E-state index contributed by atoms with van der Waals surface area (Å²) in [5.41, 5.74) is 4.74. The maximum absolute atomic E-state index is 11.9. The SMILES string of the molecule is COc1ccccc1C=CC(=O)NCC(=O)NN=C(C)c1cccc(Br)c1. The van der Waals surface area contributed by atoms with E-state index in [2.05, 4.69) is 31.8 Å². The fraction of sp³-hybridized carbons (Fsp3) is 0.150. The van der Waals surface area contributed by atoms with Crippen molar-refractivity contribution < 1.29 is 14.3 Å². The average molecular weight is 430 g/mol. The minimum atomic E-state index is -0.414. The first-order valence-corrected chi connectivity index (χ1v) is 8.97. The van der Waals surface area contributed by atoms with E-state index in [0.29, 0.717) is 11.5 Å². The van der Waals surface area contributed by atoms with Gasteiger partial charge in [-0.05, 0) is 36.8 Å². The highest BCUT2D eigenvalue weighted by Crippen LogP contribution is 2.18. The number of amides is 2. The lowest BCUT2D eigenvalue weighted by Gasteiger charge is -2.05. The predicted octanol–water partition coefficient (Wildman–Crippen LogP) is 3.13. The van der Waals surface area contributed by atoms with Crippen LogP contribution in [0.4, 0.5) is 0 Å². The van der Waals surface area contributed by atoms with Crippen LogP contribution in [0.2, 0.25) is 0 Å². The van der Waals surface area contributed by atoms with E-state index in [0.717, 1.165) is 15.6 Å². The molecule has 0 saturated heterocycles. The largest absolute Gasteiger partial charge is 0.496 e. The fourth-order valence-electron chi connectivity index (χ4n) is 2.16. The van der Waals surface area contributed by atoms with Crippen molar-refractivity contribution in [1.29, 1.82) is 0 Å². The molecule has 0 bridgehead atoms. The van der Waals surface area contributed by atoms with Crippen LogP contribution in [0.15, 0.2) is 64.2 Å². The number of nitrogens with one attached hydrogen (secondary N) is 2. The van der Waals surface area contributed by atoms with Crippen LogP contribution in [0.5, 0.6) is 5.75 Å². The van der Waals surface area contributed by atoms with Gasteiger partial charge in [-0.15, -0.1) is 0 Å². The van der Waals surface area contributed by atoms with Crippen LogP contribution < -0.4 is 15.5 Å². The summed E-state index contributed by atoms with van der Waals surface area (Å²) >= 11 is 3.39. The van der Waals surface area contributed by atoms with E-state index in [-0.39, 0.29) is 12.5 Å². The molecule has 0 unspecified atom stereocenters. The van der Waals surface area contributed by atoms with Crippen molar-refractivity contribution in [3.8, 4) is 5.75 Å². The lowest BCUT2D eigenvalue weighted by Crippen LogP contribution is -2.34. The zero-order valence-electron chi connectivity index (χ0n) is 15.0. The first-order chi connectivity index (χ1) is 13.0. The molecule has 0 atom stereocenters. The van der Waals surface area contributed by atoms with Crippen molar-refractivity contribution in [3.63, 3.8) is 0 Å². The van der Waals surface area contributed by atoms with E-state index >= 15 is 0 Å². The standard InChI is InChI=1S/C20H20BrN3O3/c1-14(16-7-5-8-17(21)12-16)23-24-20(26)13-22-19(25)11-10-15-6-3-4-9-18(15)27-2/h3-12H,13H2,1-2H3,(H,22,25)(H,24,26). The number of para-hydroxylation sites is 1. The molecular formula is C20H20BrN3O3. The zero-order chi connectivity index (χ0) is 19.6. The lowest BCUT2D eigenvalue weighted by atomic mass is 10.1. The summed E-state index contributed by atoms with van der Waals surface area (Å²) in [5, 5.41) is 6.55. The highest BCUT2D eigenvalue weighted by Gasteiger charge is 2.04. The summed E-state index contributed by atoms with van der Waals surface area (Å²) in [4.78, 5) is 23.7. The monoisotopic (exact) mass is 429 g/mol. The number of ether oxygens (including phenoxy) is 1. The van der Waals surface area contributed by atoms with Gasteiger partial charge in [-0.25, -0.2) is 5.43 Å². The number of methoxy groups -OCH3 is 1. The van der Waals surface area contributed by atoms with E-state index in [1.165, 1.54) is 6.08 Å². The fourth-order valence-corrected chi connectivity index (χ4v) is 2.56. The smallest absolute Gasteiger partial charge is 0.259 e. The Morgan fingerprint density at radius 2 is 1.96 bits per heavy atom. The van der Waals surface area contributed by atoms with Gasteiger partial charge >= 0.3 is 0 Å². The maximum Gasteiger partial charge on any atom is 0.259 e. The minimum absolute atomic E-state index is 0.176. The molecule has 7 heteroatoms. The zero-order valence-corrected chi connectivity index (χ0v) is 16.6. The van der Waals surface area contributed by atoms with Crippen molar-refractivity contribution in [2.45, 2.75) is 6.92 Å². The topological polar surface area (TPSA) is 79.8 Å². The van der Waals surface area contributed by atoms with Crippen molar-refractivity contribution in [2.75, 3.05) is 13.7 Å². The number of rotatable bonds is 7. The second-order valence-electron chi connectivity index (χ2n) is 5.54. The van der Waals surface area contributed by atoms with Crippen LogP contribution in [0, 0.1) is 0 Å². The van der Waals surface area contributed by atoms with Crippen LogP contribution >= 0.6 is 15.9 Å². The van der Waals surface area contributed by atoms with Crippen molar-refractivity contribution in [1.82, 2.24) is 10.7 Å². The maximum atomic E-state index is 11.9. The molecule has 0 heterocycles. The van der Waals surface area contributed by atoms with Gasteiger partial charge in [0.05, 0.1) is 19.4 Å². The number of carbonyl (C=O) groups excluding carboxylic acids is 2. The Morgan fingerprint density at radius 1 is 1.19 bits per heavy atom. The number of nitrogens with zero attached hydrogens (tertiary/aromatic N) is 1. The molecule has 27 heavy (non-hydrogen) atoms. The summed E-state index contributed by atoms with van der Waals surface area (Å²) in [5.74, 6) is -0.135. The molecule has 0 aliphatic carbocycles. The molecule has 0 spiro atoms. The molecular weight excluding hydrogens is 410 g/mol. The highest BCUT2D eigenvalue weighted by molar-refractivity contribution is 9.10. The molecule has 0 aliphatic rings. The molecule has 0 radical (unpaired) electrons. The van der Waals surface area contributed by atoms with Gasteiger partial charge in [0, 0.05) is 16.1 Å². The molecule has 0 aromatic heterocycles. The predicted molar refractivity (Wildman–Crippen MR) is 110 cm³/mol. The first-order valence-electron chi connectivity index (χ1n) is 8.17. The normalized spacial score (nSPS) is 11.3. The minimum Gasteiger partial charge on any atom is -0.496 e. The third kappa shape index (κ3) is 6.71. The van der Waals surface area contributed by atoms with Gasteiger partial charge in [-0.2, -0.15) is 5.10 Å². The molecule has 2 aromatic carbocycles. The number of carbonyl (C=O) groups is 2. The summed E-state index contributed by atoms with van der Waals surface area (Å²) in [6, 6.07) is 14.9. The van der Waals surface area contributed by atoms with E-state index in [1.54, 1.807) is 26.2 Å². The Labute approximate surface area is 166 Å². The van der Waals surface area contributed by atoms with E-state index in [4.69, 9.17) is 4.74 Å². The van der Waals surface area contributed by atoms with Crippen LogP contribution in [-0.4, -0.2) is 31.2 Å². The molecule has 2 aromatic rings. The van der Waals surface area contributed by atoms with E-state index in [1.807, 2.05) is 42.5 Å². The van der Waals surface area contributed by atoms with E-state index < -0.39 is 5.91 Å². The highest BCUT2D eigenvalue weighted by atomic mass is 79.9. The van der Waals surface area contributed by atoms with Crippen LogP contribution in [0.3, 0.4) is 0 Å². The Balaban J connectivity index is 1.83. The van der Waals surface area contributed by atoms with Gasteiger partial charge in [0.2, 0.25) is 5.91 Å². The third-order valence-corrected chi connectivity index (χ3v) is 4.06. The van der Waals surface area contributed by atoms with E-state index in [9.17, 15) is 9.59 Å². The molecule has 0 aliphatic heterocycles. The van der Waals surface area contributed by atoms with Gasteiger partial charge in [-0.1, -0.05) is 46.3 Å². The van der Waals surface area contributed by atoms with Gasteiger partial charge in [0.15, 0.2) is 0 Å². The van der Waals surface area contributed by atoms with Crippen molar-refractivity contribution >= 4 is 39.5 Å². The number of halogens is 1. The number of hydrazone groups is 1. The summed E-state index contributed by atoms with van der Waals surface area (Å²) in [7, 11) is 1.56. The summed E-state index contributed by atoms with van der Waals surface area (Å²) in [6.45, 7) is 1.61. The lowest BCUT2D eigenvalue weighted by molar-refractivity contribution is -0.123. The van der Waals surface area contributed by atoms with Crippen molar-refractivity contribution in [2.24, 2.45) is 5.10 Å². The second-order valence-corrected chi connectivity index (χ2v) is 6.45. The van der Waals surface area contributed by atoms with Gasteiger partial charge in [-0.3, -0.25) is 9.59 Å². The van der Waals surface area contributed by atoms with Crippen molar-refractivity contribution in [3.05, 3.63) is 70.2 Å². The Bertz CT molecular complexity index is 878. The van der Waals surface area contributed by atoms with Crippen LogP contribution in [0.1, 0.15) is 18.1 Å². The Hall–Kier alpha value is -2.93. The first kappa shape index (κ1) is 20.4. The summed E-state index contributed by atoms with van der Waals surface area (Å²) < 4.78 is 6.14. The Kier molecular flexibility index (Phi) is 7.76. The van der Waals surface area contributed by atoms with Gasteiger partial charge < -0.3 is 10.1 Å². The molecule has 2 rings (SSSR count). The van der Waals surface area contributed by atoms with Gasteiger partial charge in [0.1, 0.15) is 5.75 Å². The quantitative estimate of drug-likeness (QED) is 0.403. The molecule has 6 nitrogen and oxygen atoms in total. The number of hydrogen-bond acceptors (Lipinski definition) is 4.